The molecule has 0 aliphatic rings. The Bertz CT molecular complexity index is 995. The van der Waals surface area contributed by atoms with Crippen LogP contribution in [0.3, 0.4) is 0 Å². The minimum atomic E-state index is -0.826. The Balaban J connectivity index is 0.000000296. The van der Waals surface area contributed by atoms with Crippen LogP contribution in [0.2, 0.25) is 13.1 Å². The van der Waals surface area contributed by atoms with Gasteiger partial charge in [0.05, 0.1) is 0 Å². The molecule has 0 aliphatic heterocycles. The summed E-state index contributed by atoms with van der Waals surface area (Å²) in [5, 5.41) is 0. The maximum atomic E-state index is 4.93. The molecule has 0 saturated carbocycles. The van der Waals surface area contributed by atoms with Crippen molar-refractivity contribution in [3.05, 3.63) is 108 Å². The van der Waals surface area contributed by atoms with Crippen molar-refractivity contribution in [3.63, 3.8) is 0 Å². The van der Waals surface area contributed by atoms with E-state index in [4.69, 9.17) is 17.0 Å². The minimum absolute atomic E-state index is 0.243. The summed E-state index contributed by atoms with van der Waals surface area (Å²) >= 11 is -0.826. The van der Waals surface area contributed by atoms with Gasteiger partial charge >= 0.3 is 37.9 Å². The Morgan fingerprint density at radius 1 is 0.611 bits per heavy atom. The van der Waals surface area contributed by atoms with Gasteiger partial charge in [0.15, 0.2) is 0 Å². The van der Waals surface area contributed by atoms with Gasteiger partial charge in [-0.05, 0) is 0 Å². The third kappa shape index (κ3) is 11.9. The molecule has 0 N–H and O–H groups in total. The van der Waals surface area contributed by atoms with Crippen LogP contribution in [-0.4, -0.2) is 9.52 Å². The third-order valence-electron chi connectivity index (χ3n) is 5.45. The summed E-state index contributed by atoms with van der Waals surface area (Å²) in [5.74, 6) is 0. The molecular weight excluding hydrogens is 575 g/mol. The van der Waals surface area contributed by atoms with Gasteiger partial charge in [0.2, 0.25) is 0 Å². The second-order valence-corrected chi connectivity index (χ2v) is 15.5. The van der Waals surface area contributed by atoms with Crippen LogP contribution in [0.15, 0.2) is 97.1 Å². The zero-order chi connectivity index (χ0) is 27.2. The van der Waals surface area contributed by atoms with Crippen molar-refractivity contribution in [2.45, 2.75) is 65.5 Å². The van der Waals surface area contributed by atoms with Gasteiger partial charge in [-0.3, -0.25) is 0 Å². The van der Waals surface area contributed by atoms with Crippen molar-refractivity contribution in [1.29, 1.82) is 0 Å². The number of benzene rings is 2. The van der Waals surface area contributed by atoms with Crippen molar-refractivity contribution in [2.24, 2.45) is 0 Å². The molecule has 0 amide bonds. The number of hydrogen-bond donors (Lipinski definition) is 0. The summed E-state index contributed by atoms with van der Waals surface area (Å²) < 4.78 is 0. The number of rotatable bonds is 2. The predicted molar refractivity (Wildman–Crippen MR) is 163 cm³/mol. The van der Waals surface area contributed by atoms with Crippen LogP contribution in [0, 0.1) is 0 Å². The average molecular weight is 616 g/mol. The average Bonchev–Trinajstić information content (AvgIpc) is 3.52. The SMILES string of the molecule is CC(C)(C)c1c[cH-]c(-c2ccccc2)c1.CC(C)(C)c1c[cH-]c(-c2ccccc2)c1.C[SiH]C.[Cl][Zr+2][Cl]. The summed E-state index contributed by atoms with van der Waals surface area (Å²) in [5.41, 5.74) is 8.53. The van der Waals surface area contributed by atoms with Crippen LogP contribution in [0.5, 0.6) is 0 Å². The maximum absolute atomic E-state index is 4.93. The zero-order valence-electron chi connectivity index (χ0n) is 23.1. The summed E-state index contributed by atoms with van der Waals surface area (Å²) in [4.78, 5) is 0. The molecule has 0 saturated heterocycles. The molecule has 0 aliphatic carbocycles. The Labute approximate surface area is 241 Å². The third-order valence-corrected chi connectivity index (χ3v) is 5.45. The Kier molecular flexibility index (Phi) is 15.2. The van der Waals surface area contributed by atoms with Gasteiger partial charge in [-0.1, -0.05) is 126 Å². The first-order valence-corrected chi connectivity index (χ1v) is 21.0. The molecule has 1 radical (unpaired) electrons. The van der Waals surface area contributed by atoms with Crippen LogP contribution in [0.1, 0.15) is 52.7 Å². The molecule has 36 heavy (non-hydrogen) atoms. The van der Waals surface area contributed by atoms with Crippen LogP contribution >= 0.6 is 17.0 Å². The molecule has 0 atom stereocenters. The first-order valence-electron chi connectivity index (χ1n) is 12.3. The summed E-state index contributed by atoms with van der Waals surface area (Å²) in [7, 11) is 10.6. The van der Waals surface area contributed by atoms with E-state index in [1.54, 1.807) is 0 Å². The molecule has 0 fully saturated rings. The van der Waals surface area contributed by atoms with Crippen LogP contribution in [0.25, 0.3) is 22.3 Å². The molecular formula is C32H41Cl2SiZr. The fourth-order valence-corrected chi connectivity index (χ4v) is 3.44. The molecule has 4 aromatic carbocycles. The number of halogens is 2. The topological polar surface area (TPSA) is 0 Å². The van der Waals surface area contributed by atoms with Gasteiger partial charge in [0.25, 0.3) is 0 Å². The Hall–Kier alpha value is -1.18. The zero-order valence-corrected chi connectivity index (χ0v) is 28.2. The van der Waals surface area contributed by atoms with Crippen molar-refractivity contribution in [1.82, 2.24) is 0 Å². The fourth-order valence-electron chi connectivity index (χ4n) is 3.44. The molecule has 0 unspecified atom stereocenters. The van der Waals surface area contributed by atoms with Crippen molar-refractivity contribution >= 4 is 26.5 Å². The molecule has 0 nitrogen and oxygen atoms in total. The Morgan fingerprint density at radius 2 is 0.889 bits per heavy atom. The van der Waals surface area contributed by atoms with Crippen molar-refractivity contribution in [2.75, 3.05) is 0 Å². The van der Waals surface area contributed by atoms with Gasteiger partial charge in [0, 0.05) is 9.52 Å². The monoisotopic (exact) mass is 613 g/mol. The molecule has 4 heteroatoms. The van der Waals surface area contributed by atoms with E-state index >= 15 is 0 Å². The van der Waals surface area contributed by atoms with E-state index in [1.165, 1.54) is 33.4 Å². The molecule has 4 aromatic rings. The molecule has 4 rings (SSSR count). The molecule has 0 aromatic heterocycles. The first kappa shape index (κ1) is 32.8. The molecule has 0 heterocycles. The van der Waals surface area contributed by atoms with Crippen LogP contribution < -0.4 is 0 Å². The fraction of sp³-hybridized carbons (Fsp3) is 0.312. The van der Waals surface area contributed by atoms with Gasteiger partial charge in [0.1, 0.15) is 0 Å². The van der Waals surface area contributed by atoms with Crippen LogP contribution in [0.4, 0.5) is 0 Å². The summed E-state index contributed by atoms with van der Waals surface area (Å²) in [6, 6.07) is 34.5. The standard InChI is InChI=1S/2C15H17.C2H7Si.2ClH.Zr/c2*1-15(2,3)14-10-9-13(11-14)12-7-5-4-6-8-12;1-3-2;;;/h2*4-11H,1-3H3;3H,1-2H3;2*1H;/q2*-1;;;;+4/p-2. The van der Waals surface area contributed by atoms with E-state index in [0.717, 1.165) is 9.52 Å². The van der Waals surface area contributed by atoms with Gasteiger partial charge in [-0.15, -0.1) is 46.5 Å². The van der Waals surface area contributed by atoms with Gasteiger partial charge in [-0.2, -0.15) is 23.3 Å². The van der Waals surface area contributed by atoms with E-state index in [0.29, 0.717) is 0 Å². The van der Waals surface area contributed by atoms with E-state index in [1.807, 2.05) is 0 Å². The first-order chi connectivity index (χ1) is 17.0. The summed E-state index contributed by atoms with van der Waals surface area (Å²) in [6.45, 7) is 17.9. The second kappa shape index (κ2) is 16.6. The van der Waals surface area contributed by atoms with Crippen molar-refractivity contribution < 1.29 is 20.8 Å². The second-order valence-electron chi connectivity index (χ2n) is 10.7. The van der Waals surface area contributed by atoms with E-state index < -0.39 is 20.8 Å². The Morgan fingerprint density at radius 3 is 1.11 bits per heavy atom. The van der Waals surface area contributed by atoms with Gasteiger partial charge < -0.3 is 0 Å². The normalized spacial score (nSPS) is 10.5. The van der Waals surface area contributed by atoms with E-state index in [2.05, 4.69) is 152 Å². The predicted octanol–water partition coefficient (Wildman–Crippen LogP) is 10.6. The van der Waals surface area contributed by atoms with Gasteiger partial charge in [-0.25, -0.2) is 0 Å². The quantitative estimate of drug-likeness (QED) is 0.155. The van der Waals surface area contributed by atoms with E-state index in [-0.39, 0.29) is 10.8 Å². The van der Waals surface area contributed by atoms with Crippen molar-refractivity contribution in [3.8, 4) is 22.3 Å². The molecule has 0 spiro atoms. The molecule has 0 bridgehead atoms. The van der Waals surface area contributed by atoms with E-state index in [9.17, 15) is 0 Å². The number of hydrogen-bond acceptors (Lipinski definition) is 0. The molecule has 191 valence electrons. The van der Waals surface area contributed by atoms with Crippen LogP contribution in [-0.2, 0) is 31.7 Å². The summed E-state index contributed by atoms with van der Waals surface area (Å²) in [6.07, 6.45) is 0.